The summed E-state index contributed by atoms with van der Waals surface area (Å²) in [4.78, 5) is 122. The number of rotatable bonds is 23. The normalized spacial score (nSPS) is 15.8. The van der Waals surface area contributed by atoms with Gasteiger partial charge in [-0.05, 0) is 209 Å². The van der Waals surface area contributed by atoms with Crippen molar-refractivity contribution in [1.82, 2.24) is 44.8 Å². The summed E-state index contributed by atoms with van der Waals surface area (Å²) in [6, 6.07) is 44.1. The molecule has 4 unspecified atom stereocenters. The molecule has 0 aliphatic carbocycles. The van der Waals surface area contributed by atoms with Gasteiger partial charge >= 0.3 is 0 Å². The highest BCUT2D eigenvalue weighted by Crippen LogP contribution is 2.37. The zero-order valence-electron chi connectivity index (χ0n) is 75.4. The molecule has 0 saturated carbocycles. The number of carbonyl (C=O) groups is 6. The van der Waals surface area contributed by atoms with Gasteiger partial charge in [0.25, 0.3) is 11.8 Å². The molecular weight excluding hydrogens is 1800 g/mol. The van der Waals surface area contributed by atoms with Crippen molar-refractivity contribution >= 4 is 109 Å². The Labute approximate surface area is 798 Å². The van der Waals surface area contributed by atoms with Crippen LogP contribution in [0.1, 0.15) is 142 Å². The number of anilines is 9. The third-order valence-electron chi connectivity index (χ3n) is 23.8. The minimum Gasteiger partial charge on any atom is -0.397 e. The van der Waals surface area contributed by atoms with Gasteiger partial charge in [-0.15, -0.1) is 0 Å². The van der Waals surface area contributed by atoms with E-state index in [0.717, 1.165) is 111 Å². The first kappa shape index (κ1) is 98.5. The molecule has 706 valence electrons. The summed E-state index contributed by atoms with van der Waals surface area (Å²) >= 11 is 12.0. The predicted molar refractivity (Wildman–Crippen MR) is 522 cm³/mol. The van der Waals surface area contributed by atoms with Crippen molar-refractivity contribution < 1.29 is 66.8 Å². The molecule has 4 saturated heterocycles. The molecule has 34 heteroatoms. The first-order valence-electron chi connectivity index (χ1n) is 44.6. The summed E-state index contributed by atoms with van der Waals surface area (Å²) in [7, 11) is 3.22. The first-order valence-corrected chi connectivity index (χ1v) is 45.4. The Morgan fingerprint density at radius 2 is 0.730 bits per heavy atom. The SMILES string of the molecule is CN(C)C(=O)c1ccc(F)c(-c2ccc(N)c(C(=O)Cc3cnccc3N3CCCC(O)C3)n2)c1.Cc1cc(F)c(-c2ccc(N)c(C(=O)Cc3cnccc3N3CCCC(O)C3)n2)cc1Cl.Nc1ccc(-c2cc(C(=O)Nc3ccccc3)ccc2F)nc1C(=O)Cc1cnccc1N1CCCC(O)C1.Nc1ccc(-c2cccc(Cl)c2F)nc1C(=O)Cc1cnccc1N1CCCC(O)C1. The van der Waals surface area contributed by atoms with Gasteiger partial charge in [-0.1, -0.05) is 47.5 Å². The molecule has 137 heavy (non-hydrogen) atoms. The average molecular weight is 1900 g/mol. The summed E-state index contributed by atoms with van der Waals surface area (Å²) in [5, 5.41) is 43.4. The number of nitrogen functional groups attached to an aromatic ring is 4. The number of hydrogen-bond acceptors (Lipinski definition) is 26. The number of Topliss-reactive ketones (excluding diaryl/α,β-unsaturated/α-hetero) is 4. The molecule has 28 nitrogen and oxygen atoms in total. The number of benzene rings is 5. The Hall–Kier alpha value is -14.5. The van der Waals surface area contributed by atoms with E-state index in [1.54, 1.807) is 131 Å². The van der Waals surface area contributed by atoms with Gasteiger partial charge < -0.3 is 73.2 Å². The summed E-state index contributed by atoms with van der Waals surface area (Å²) in [5.41, 5.74) is 34.8. The van der Waals surface area contributed by atoms with Crippen LogP contribution in [0.2, 0.25) is 10.0 Å². The molecular formula is C103H102Cl2F4N18O10. The summed E-state index contributed by atoms with van der Waals surface area (Å²) in [6.45, 7) is 6.84. The van der Waals surface area contributed by atoms with Crippen LogP contribution in [0.5, 0.6) is 0 Å². The van der Waals surface area contributed by atoms with E-state index in [2.05, 4.69) is 55.0 Å². The van der Waals surface area contributed by atoms with Gasteiger partial charge in [0.15, 0.2) is 29.0 Å². The van der Waals surface area contributed by atoms with E-state index in [4.69, 9.17) is 46.1 Å². The van der Waals surface area contributed by atoms with Gasteiger partial charge in [0.2, 0.25) is 0 Å². The highest BCUT2D eigenvalue weighted by Gasteiger charge is 2.31. The Morgan fingerprint density at radius 3 is 1.08 bits per heavy atom. The second kappa shape index (κ2) is 45.2. The van der Waals surface area contributed by atoms with Crippen molar-refractivity contribution in [3.05, 3.63) is 314 Å². The zero-order chi connectivity index (χ0) is 97.3. The number of β-amino-alcohol motifs (C(OH)–C–C–N with tert-alkyl or cyclic N) is 4. The highest BCUT2D eigenvalue weighted by atomic mass is 35.5. The lowest BCUT2D eigenvalue weighted by molar-refractivity contribution is 0.0826. The maximum Gasteiger partial charge on any atom is 0.255 e. The summed E-state index contributed by atoms with van der Waals surface area (Å²) < 4.78 is 58.5. The molecule has 2 amide bonds. The third-order valence-corrected chi connectivity index (χ3v) is 24.5. The molecule has 5 aromatic carbocycles. The number of hydrogen-bond donors (Lipinski definition) is 9. The molecule has 4 aliphatic heterocycles. The quantitative estimate of drug-likeness (QED) is 0.0212. The van der Waals surface area contributed by atoms with Crippen LogP contribution in [0.15, 0.2) is 219 Å². The van der Waals surface area contributed by atoms with Crippen molar-refractivity contribution in [2.75, 3.05) is 114 Å². The predicted octanol–water partition coefficient (Wildman–Crippen LogP) is 15.6. The Kier molecular flexibility index (Phi) is 32.5. The van der Waals surface area contributed by atoms with Crippen LogP contribution in [-0.2, 0) is 25.7 Å². The number of aromatic nitrogens is 8. The topological polar surface area (TPSA) is 419 Å². The second-order valence-electron chi connectivity index (χ2n) is 34.0. The number of halogens is 6. The molecule has 13 N–H and O–H groups in total. The molecule has 0 bridgehead atoms. The summed E-state index contributed by atoms with van der Waals surface area (Å²) in [6.07, 6.45) is 18.1. The number of aryl methyl sites for hydroxylation is 1. The van der Waals surface area contributed by atoms with E-state index in [-0.39, 0.29) is 156 Å². The Balaban J connectivity index is 0.000000147. The first-order chi connectivity index (χ1) is 65.9. The highest BCUT2D eigenvalue weighted by molar-refractivity contribution is 6.31. The van der Waals surface area contributed by atoms with Gasteiger partial charge in [0.1, 0.15) is 40.2 Å². The number of pyridine rings is 8. The number of nitrogens with two attached hydrogens (primary N) is 4. The fraction of sp³-hybridized carbons (Fsp3) is 0.262. The van der Waals surface area contributed by atoms with Crippen molar-refractivity contribution in [3.8, 4) is 45.0 Å². The Morgan fingerprint density at radius 1 is 0.394 bits per heavy atom. The smallest absolute Gasteiger partial charge is 0.255 e. The van der Waals surface area contributed by atoms with Crippen molar-refractivity contribution in [2.24, 2.45) is 0 Å². The van der Waals surface area contributed by atoms with Gasteiger partial charge in [-0.2, -0.15) is 0 Å². The number of nitrogens with zero attached hydrogens (tertiary/aromatic N) is 13. The van der Waals surface area contributed by atoms with Gasteiger partial charge in [0.05, 0.1) is 75.0 Å². The van der Waals surface area contributed by atoms with Crippen LogP contribution in [0.25, 0.3) is 45.0 Å². The minimum atomic E-state index is -0.599. The monoisotopic (exact) mass is 1900 g/mol. The van der Waals surface area contributed by atoms with Gasteiger partial charge in [0, 0.05) is 231 Å². The lowest BCUT2D eigenvalue weighted by Gasteiger charge is -2.33. The van der Waals surface area contributed by atoms with Crippen LogP contribution in [0.4, 0.5) is 68.7 Å². The van der Waals surface area contributed by atoms with E-state index in [0.29, 0.717) is 59.1 Å². The van der Waals surface area contributed by atoms with Crippen molar-refractivity contribution in [2.45, 2.75) is 108 Å². The number of nitrogens with one attached hydrogen (secondary N) is 1. The van der Waals surface area contributed by atoms with E-state index in [1.165, 1.54) is 83.8 Å². The standard InChI is InChI=1S/C30H28FN5O3.C26H28FN5O3.C24H24ClFN4O2.C23H22ClFN4O2/c31-24-9-8-19(30(39)34-21-5-2-1-3-6-21)15-23(24)26-11-10-25(32)29(35-26)28(38)16-20-17-33-13-12-27(20)36-14-4-7-22(37)18-36;1-31(2)26(35)16-5-6-20(27)19(12-16)22-8-7-21(28)25(30-22)24(34)13-17-14-29-10-9-23(17)32-11-3-4-18(33)15-32;1-14-9-19(26)17(11-18(14)25)21-5-4-20(27)24(29-21)23(32)10-15-12-28-7-6-22(15)30-8-2-3-16(31)13-30;24-17-5-1-4-16(22(17)25)19-7-6-18(26)23(28-19)21(31)11-14-12-27-9-8-20(14)29-10-2-3-15(30)13-29/h1-3,5-6,8-13,15,17,22,37H,4,7,14,16,18,32H2,(H,34,39);5-10,12,14,18,33H,3-4,11,13,15,28H2,1-2H3;4-7,9,11-12,16,31H,2-3,8,10,13,27H2,1H3;1,4-9,12,15,30H,2-3,10-11,13,26H2. The van der Waals surface area contributed by atoms with Gasteiger partial charge in [-0.25, -0.2) is 37.5 Å². The molecule has 0 radical (unpaired) electrons. The summed E-state index contributed by atoms with van der Waals surface area (Å²) in [5.74, 6) is -4.17. The number of aliphatic hydroxyl groups is 4. The van der Waals surface area contributed by atoms with Crippen LogP contribution in [0.3, 0.4) is 0 Å². The molecule has 4 fully saturated rings. The van der Waals surface area contributed by atoms with E-state index >= 15 is 0 Å². The second-order valence-corrected chi connectivity index (χ2v) is 34.8. The molecule has 0 spiro atoms. The number of aliphatic hydroxyl groups excluding tert-OH is 4. The Bertz CT molecular complexity index is 6630. The lowest BCUT2D eigenvalue weighted by atomic mass is 10.0. The molecule has 8 aromatic heterocycles. The van der Waals surface area contributed by atoms with Crippen LogP contribution < -0.4 is 47.9 Å². The number of piperidine rings is 4. The lowest BCUT2D eigenvalue weighted by Crippen LogP contribution is -2.38. The largest absolute Gasteiger partial charge is 0.397 e. The van der Waals surface area contributed by atoms with E-state index < -0.39 is 53.6 Å². The maximum absolute atomic E-state index is 14.9. The molecule has 13 aromatic rings. The van der Waals surface area contributed by atoms with Crippen molar-refractivity contribution in [3.63, 3.8) is 0 Å². The zero-order valence-corrected chi connectivity index (χ0v) is 76.9. The number of ketones is 4. The molecule has 17 rings (SSSR count). The minimum absolute atomic E-state index is 0.00193. The molecule has 4 atom stereocenters. The molecule has 4 aliphatic rings. The van der Waals surface area contributed by atoms with Gasteiger partial charge in [-0.3, -0.25) is 48.7 Å². The van der Waals surface area contributed by atoms with E-state index in [1.807, 2.05) is 40.1 Å². The third kappa shape index (κ3) is 24.6. The fourth-order valence-electron chi connectivity index (χ4n) is 16.8. The van der Waals surface area contributed by atoms with Crippen LogP contribution in [-0.4, -0.2) is 191 Å². The maximum atomic E-state index is 14.9. The number of para-hydroxylation sites is 1. The fourth-order valence-corrected chi connectivity index (χ4v) is 17.1. The average Bonchev–Trinajstić information content (AvgIpc) is 0.823. The van der Waals surface area contributed by atoms with E-state index in [9.17, 15) is 66.8 Å². The number of amides is 2. The van der Waals surface area contributed by atoms with Crippen LogP contribution in [0, 0.1) is 30.2 Å². The van der Waals surface area contributed by atoms with Crippen molar-refractivity contribution in [1.29, 1.82) is 0 Å². The molecule has 12 heterocycles. The number of carbonyl (C=O) groups excluding carboxylic acids is 6. The van der Waals surface area contributed by atoms with Crippen LogP contribution >= 0.6 is 23.2 Å².